The van der Waals surface area contributed by atoms with Crippen LogP contribution in [0.5, 0.6) is 0 Å². The Bertz CT molecular complexity index is 616. The smallest absolute Gasteiger partial charge is 0.158 e. The van der Waals surface area contributed by atoms with Crippen molar-refractivity contribution in [2.24, 2.45) is 0 Å². The van der Waals surface area contributed by atoms with Gasteiger partial charge in [-0.25, -0.2) is 0 Å². The average Bonchev–Trinajstić information content (AvgIpc) is 2.81. The lowest BCUT2D eigenvalue weighted by Gasteiger charge is -2.33. The summed E-state index contributed by atoms with van der Waals surface area (Å²) in [5, 5.41) is 13.5. The average molecular weight is 271 g/mol. The van der Waals surface area contributed by atoms with E-state index in [1.165, 1.54) is 11.8 Å². The highest BCUT2D eigenvalue weighted by Crippen LogP contribution is 2.43. The van der Waals surface area contributed by atoms with E-state index in [0.717, 1.165) is 22.6 Å². The molecule has 0 amide bonds. The van der Waals surface area contributed by atoms with Crippen LogP contribution < -0.4 is 0 Å². The maximum absolute atomic E-state index is 11.3. The van der Waals surface area contributed by atoms with Gasteiger partial charge in [0.2, 0.25) is 0 Å². The molecule has 3 nitrogen and oxygen atoms in total. The number of rotatable bonds is 2. The fourth-order valence-electron chi connectivity index (χ4n) is 2.37. The van der Waals surface area contributed by atoms with Crippen LogP contribution in [0.4, 0.5) is 0 Å². The topological polar surface area (TPSA) is 40.5 Å². The van der Waals surface area contributed by atoms with Crippen molar-refractivity contribution in [3.8, 4) is 0 Å². The molecule has 1 unspecified atom stereocenters. The Morgan fingerprint density at radius 2 is 2.05 bits per heavy atom. The number of allylic oxidation sites excluding steroid dienone is 3. The van der Waals surface area contributed by atoms with Crippen LogP contribution in [0.3, 0.4) is 0 Å². The van der Waals surface area contributed by atoms with Gasteiger partial charge in [-0.3, -0.25) is 4.79 Å². The van der Waals surface area contributed by atoms with Gasteiger partial charge in [0, 0.05) is 16.8 Å². The molecule has 2 aliphatic rings. The lowest BCUT2D eigenvalue weighted by molar-refractivity contribution is -0.104. The van der Waals surface area contributed by atoms with E-state index in [0.29, 0.717) is 11.1 Å². The van der Waals surface area contributed by atoms with Crippen molar-refractivity contribution in [1.82, 2.24) is 4.90 Å². The number of thioether (sulfide) groups is 1. The van der Waals surface area contributed by atoms with E-state index >= 15 is 0 Å². The van der Waals surface area contributed by atoms with Gasteiger partial charge >= 0.3 is 0 Å². The Labute approximate surface area is 115 Å². The number of fused-ring (bicyclic) bond motifs is 1. The van der Waals surface area contributed by atoms with Gasteiger partial charge in [0.15, 0.2) is 12.5 Å². The highest BCUT2D eigenvalue weighted by atomic mass is 32.2. The molecule has 2 heterocycles. The summed E-state index contributed by atoms with van der Waals surface area (Å²) in [5.74, 6) is 0. The third-order valence-corrected chi connectivity index (χ3v) is 4.29. The number of carbonyl (C=O) groups is 1. The number of aldehydes is 1. The Kier molecular flexibility index (Phi) is 3.05. The van der Waals surface area contributed by atoms with Crippen LogP contribution in [-0.2, 0) is 4.79 Å². The van der Waals surface area contributed by atoms with E-state index in [4.69, 9.17) is 0 Å². The Morgan fingerprint density at radius 1 is 1.32 bits per heavy atom. The largest absolute Gasteiger partial charge is 0.369 e. The van der Waals surface area contributed by atoms with Crippen LogP contribution in [0, 0.1) is 0 Å². The van der Waals surface area contributed by atoms with Crippen molar-refractivity contribution in [1.29, 1.82) is 0 Å². The minimum absolute atomic E-state index is 0.542. The molecule has 3 rings (SSSR count). The summed E-state index contributed by atoms with van der Waals surface area (Å²) in [6.07, 6.45) is 1.83. The number of aliphatic hydroxyl groups excluding tert-OH is 1. The SMILES string of the molecule is CC1=CSC2=CC(C=O)=C(c3ccccc3)C(O)N12. The van der Waals surface area contributed by atoms with Gasteiger partial charge < -0.3 is 10.0 Å². The maximum Gasteiger partial charge on any atom is 0.158 e. The maximum atomic E-state index is 11.3. The van der Waals surface area contributed by atoms with E-state index in [1.54, 1.807) is 0 Å². The van der Waals surface area contributed by atoms with Crippen molar-refractivity contribution in [2.45, 2.75) is 13.2 Å². The first-order valence-electron chi connectivity index (χ1n) is 5.99. The molecule has 0 fully saturated rings. The number of hydrogen-bond donors (Lipinski definition) is 1. The molecule has 0 radical (unpaired) electrons. The summed E-state index contributed by atoms with van der Waals surface area (Å²) >= 11 is 1.53. The van der Waals surface area contributed by atoms with Gasteiger partial charge in [-0.05, 0) is 24.0 Å². The zero-order chi connectivity index (χ0) is 13.4. The van der Waals surface area contributed by atoms with Crippen LogP contribution >= 0.6 is 11.8 Å². The molecule has 96 valence electrons. The third-order valence-electron chi connectivity index (χ3n) is 3.27. The molecule has 1 N–H and O–H groups in total. The Morgan fingerprint density at radius 3 is 2.74 bits per heavy atom. The van der Waals surface area contributed by atoms with Gasteiger partial charge in [-0.1, -0.05) is 42.1 Å². The van der Waals surface area contributed by atoms with Crippen LogP contribution in [0.1, 0.15) is 12.5 Å². The molecular weight excluding hydrogens is 258 g/mol. The van der Waals surface area contributed by atoms with Gasteiger partial charge in [0.05, 0.1) is 5.03 Å². The van der Waals surface area contributed by atoms with Gasteiger partial charge in [0.25, 0.3) is 0 Å². The van der Waals surface area contributed by atoms with Gasteiger partial charge in [-0.2, -0.15) is 0 Å². The van der Waals surface area contributed by atoms with E-state index in [1.807, 2.05) is 53.6 Å². The molecule has 0 bridgehead atoms. The molecular formula is C15H13NO2S. The molecule has 0 aromatic heterocycles. The predicted octanol–water partition coefficient (Wildman–Crippen LogP) is 2.72. The quantitative estimate of drug-likeness (QED) is 0.840. The summed E-state index contributed by atoms with van der Waals surface area (Å²) in [4.78, 5) is 13.1. The van der Waals surface area contributed by atoms with E-state index in [-0.39, 0.29) is 0 Å². The van der Waals surface area contributed by atoms with E-state index < -0.39 is 6.23 Å². The number of hydrogen-bond acceptors (Lipinski definition) is 4. The molecule has 0 saturated heterocycles. The van der Waals surface area contributed by atoms with E-state index in [9.17, 15) is 9.90 Å². The molecule has 19 heavy (non-hydrogen) atoms. The third kappa shape index (κ3) is 1.93. The first-order valence-corrected chi connectivity index (χ1v) is 6.87. The molecule has 0 spiro atoms. The monoisotopic (exact) mass is 271 g/mol. The van der Waals surface area contributed by atoms with Crippen LogP contribution in [0.25, 0.3) is 5.57 Å². The summed E-state index contributed by atoms with van der Waals surface area (Å²) in [5.41, 5.74) is 3.06. The minimum atomic E-state index is -0.811. The highest BCUT2D eigenvalue weighted by molar-refractivity contribution is 8.06. The van der Waals surface area contributed by atoms with Crippen molar-refractivity contribution < 1.29 is 9.90 Å². The van der Waals surface area contributed by atoms with Gasteiger partial charge in [0.1, 0.15) is 0 Å². The summed E-state index contributed by atoms with van der Waals surface area (Å²) < 4.78 is 0. The van der Waals surface area contributed by atoms with Crippen LogP contribution in [0.15, 0.2) is 58.1 Å². The fourth-order valence-corrected chi connectivity index (χ4v) is 3.33. The highest BCUT2D eigenvalue weighted by Gasteiger charge is 2.33. The van der Waals surface area contributed by atoms with Crippen molar-refractivity contribution >= 4 is 23.6 Å². The second-order valence-electron chi connectivity index (χ2n) is 4.46. The number of nitrogens with zero attached hydrogens (tertiary/aromatic N) is 1. The molecule has 0 aliphatic carbocycles. The number of carbonyl (C=O) groups excluding carboxylic acids is 1. The molecule has 1 atom stereocenters. The number of aliphatic hydroxyl groups is 1. The minimum Gasteiger partial charge on any atom is -0.369 e. The van der Waals surface area contributed by atoms with Crippen LogP contribution in [0.2, 0.25) is 0 Å². The second-order valence-corrected chi connectivity index (χ2v) is 5.35. The van der Waals surface area contributed by atoms with Crippen molar-refractivity contribution in [3.63, 3.8) is 0 Å². The van der Waals surface area contributed by atoms with Crippen molar-refractivity contribution in [3.05, 3.63) is 63.7 Å². The lowest BCUT2D eigenvalue weighted by atomic mass is 9.96. The fraction of sp³-hybridized carbons (Fsp3) is 0.133. The lowest BCUT2D eigenvalue weighted by Crippen LogP contribution is -2.34. The standard InChI is InChI=1S/C15H13NO2S/c1-10-9-19-13-7-12(8-17)14(15(18)16(10)13)11-5-3-2-4-6-11/h2-9,15,18H,1H3. The molecule has 0 saturated carbocycles. The van der Waals surface area contributed by atoms with Crippen LogP contribution in [-0.4, -0.2) is 22.5 Å². The zero-order valence-electron chi connectivity index (χ0n) is 10.4. The predicted molar refractivity (Wildman–Crippen MR) is 76.7 cm³/mol. The molecule has 1 aromatic rings. The summed E-state index contributed by atoms with van der Waals surface area (Å²) in [6.45, 7) is 1.95. The Balaban J connectivity index is 2.15. The Hall–Kier alpha value is -1.78. The summed E-state index contributed by atoms with van der Waals surface area (Å²) in [6, 6.07) is 9.53. The normalized spacial score (nSPS) is 22.0. The second kappa shape index (κ2) is 4.72. The van der Waals surface area contributed by atoms with Crippen molar-refractivity contribution in [2.75, 3.05) is 0 Å². The zero-order valence-corrected chi connectivity index (χ0v) is 11.2. The summed E-state index contributed by atoms with van der Waals surface area (Å²) in [7, 11) is 0. The molecule has 4 heteroatoms. The van der Waals surface area contributed by atoms with Gasteiger partial charge in [-0.15, -0.1) is 0 Å². The first-order chi connectivity index (χ1) is 9.22. The first kappa shape index (κ1) is 12.3. The van der Waals surface area contributed by atoms with E-state index in [2.05, 4.69) is 0 Å². The number of benzene rings is 1. The molecule has 1 aromatic carbocycles. The molecule has 2 aliphatic heterocycles.